The van der Waals surface area contributed by atoms with Gasteiger partial charge in [0, 0.05) is 6.42 Å². The molecule has 0 aliphatic heterocycles. The van der Waals surface area contributed by atoms with Gasteiger partial charge in [-0.05, 0) is 44.9 Å². The van der Waals surface area contributed by atoms with Crippen LogP contribution >= 0.6 is 7.82 Å². The van der Waals surface area contributed by atoms with E-state index in [9.17, 15) is 19.4 Å². The summed E-state index contributed by atoms with van der Waals surface area (Å²) in [5.41, 5.74) is 0. The molecule has 0 saturated carbocycles. The molecule has 8 nitrogen and oxygen atoms in total. The lowest BCUT2D eigenvalue weighted by atomic mass is 10.0. The maximum atomic E-state index is 12.9. The number of aliphatic hydroxyl groups excluding tert-OH is 1. The Morgan fingerprint density at radius 2 is 1.02 bits per heavy atom. The highest BCUT2D eigenvalue weighted by atomic mass is 31.2. The molecule has 0 aromatic rings. The number of carbonyl (C=O) groups excluding carboxylic acids is 1. The van der Waals surface area contributed by atoms with E-state index in [1.54, 1.807) is 0 Å². The average molecular weight is 814 g/mol. The van der Waals surface area contributed by atoms with Crippen LogP contribution in [0.3, 0.4) is 0 Å². The molecule has 0 aromatic heterocycles. The quantitative estimate of drug-likeness (QED) is 0.0245. The fourth-order valence-corrected chi connectivity index (χ4v) is 7.64. The zero-order valence-electron chi connectivity index (χ0n) is 37.6. The number of phosphoric acid groups is 1. The van der Waals surface area contributed by atoms with Crippen molar-refractivity contribution in [2.45, 2.75) is 231 Å². The van der Waals surface area contributed by atoms with Crippen LogP contribution in [0.2, 0.25) is 0 Å². The lowest BCUT2D eigenvalue weighted by molar-refractivity contribution is -0.870. The topological polar surface area (TPSA) is 105 Å². The molecule has 1 amide bonds. The molecule has 0 radical (unpaired) electrons. The van der Waals surface area contributed by atoms with Gasteiger partial charge in [0.25, 0.3) is 0 Å². The van der Waals surface area contributed by atoms with E-state index in [1.165, 1.54) is 141 Å². The first-order valence-corrected chi connectivity index (χ1v) is 25.2. The highest BCUT2D eigenvalue weighted by Gasteiger charge is 2.28. The molecule has 0 spiro atoms. The molecule has 3 N–H and O–H groups in total. The van der Waals surface area contributed by atoms with Crippen molar-refractivity contribution < 1.29 is 32.9 Å². The molecule has 0 rings (SSSR count). The van der Waals surface area contributed by atoms with Gasteiger partial charge in [-0.25, -0.2) is 4.57 Å². The van der Waals surface area contributed by atoms with E-state index in [0.717, 1.165) is 51.4 Å². The Labute approximate surface area is 347 Å². The Morgan fingerprint density at radius 3 is 1.48 bits per heavy atom. The number of nitrogens with zero attached hydrogens (tertiary/aromatic N) is 1. The number of nitrogens with one attached hydrogen (secondary N) is 1. The molecular formula is C47H94N2O6P+. The van der Waals surface area contributed by atoms with Crippen LogP contribution in [0.15, 0.2) is 24.3 Å². The number of allylic oxidation sites excluding steroid dienone is 4. The van der Waals surface area contributed by atoms with E-state index in [-0.39, 0.29) is 19.1 Å². The third-order valence-corrected chi connectivity index (χ3v) is 11.7. The summed E-state index contributed by atoms with van der Waals surface area (Å²) in [5, 5.41) is 14.0. The van der Waals surface area contributed by atoms with Gasteiger partial charge < -0.3 is 19.8 Å². The molecule has 0 saturated heterocycles. The molecule has 0 bridgehead atoms. The minimum absolute atomic E-state index is 0.0737. The predicted molar refractivity (Wildman–Crippen MR) is 240 cm³/mol. The van der Waals surface area contributed by atoms with Crippen LogP contribution in [0.5, 0.6) is 0 Å². The molecule has 56 heavy (non-hydrogen) atoms. The van der Waals surface area contributed by atoms with Gasteiger partial charge in [0.15, 0.2) is 0 Å². The lowest BCUT2D eigenvalue weighted by Gasteiger charge is -2.26. The summed E-state index contributed by atoms with van der Waals surface area (Å²) in [6.07, 6.45) is 46.2. The highest BCUT2D eigenvalue weighted by Crippen LogP contribution is 2.43. The van der Waals surface area contributed by atoms with Gasteiger partial charge in [-0.1, -0.05) is 192 Å². The van der Waals surface area contributed by atoms with E-state index in [2.05, 4.69) is 43.5 Å². The van der Waals surface area contributed by atoms with Gasteiger partial charge in [0.2, 0.25) is 5.91 Å². The molecule has 0 aliphatic rings. The van der Waals surface area contributed by atoms with E-state index in [4.69, 9.17) is 9.05 Å². The summed E-state index contributed by atoms with van der Waals surface area (Å²) in [7, 11) is 1.61. The second-order valence-electron chi connectivity index (χ2n) is 17.5. The molecule has 3 atom stereocenters. The van der Waals surface area contributed by atoms with Crippen LogP contribution in [0.25, 0.3) is 0 Å². The Balaban J connectivity index is 4.33. The maximum Gasteiger partial charge on any atom is 0.472 e. The van der Waals surface area contributed by atoms with E-state index < -0.39 is 20.0 Å². The Kier molecular flexibility index (Phi) is 38.7. The monoisotopic (exact) mass is 814 g/mol. The summed E-state index contributed by atoms with van der Waals surface area (Å²) in [6.45, 7) is 4.88. The van der Waals surface area contributed by atoms with Gasteiger partial charge in [0.1, 0.15) is 13.2 Å². The van der Waals surface area contributed by atoms with Crippen molar-refractivity contribution in [1.29, 1.82) is 0 Å². The van der Waals surface area contributed by atoms with Crippen molar-refractivity contribution in [1.82, 2.24) is 5.32 Å². The number of rotatable bonds is 43. The standard InChI is InChI=1S/C47H93N2O6P/c1-6-8-10-12-14-16-18-20-22-24-25-27-29-31-33-35-37-39-41-47(51)48-45(44-55-56(52,53)54-43-42-49(3,4)5)46(50)40-38-36-34-32-30-28-26-23-21-19-17-15-13-11-9-7-2/h16,18,22,24,45-46,50H,6-15,17,19-21,23,25-44H2,1-5H3,(H-,48,51,52,53)/p+1/b18-16-,24-22-. The number of carbonyl (C=O) groups is 1. The molecule has 0 heterocycles. The number of aliphatic hydroxyl groups is 1. The summed E-state index contributed by atoms with van der Waals surface area (Å²) >= 11 is 0. The van der Waals surface area contributed by atoms with Crippen LogP contribution in [-0.4, -0.2) is 73.4 Å². The lowest BCUT2D eigenvalue weighted by Crippen LogP contribution is -2.46. The zero-order chi connectivity index (χ0) is 41.4. The van der Waals surface area contributed by atoms with Crippen LogP contribution < -0.4 is 5.32 Å². The third kappa shape index (κ3) is 41.2. The van der Waals surface area contributed by atoms with Crippen molar-refractivity contribution in [2.24, 2.45) is 0 Å². The zero-order valence-corrected chi connectivity index (χ0v) is 38.5. The van der Waals surface area contributed by atoms with Gasteiger partial charge in [0.05, 0.1) is 39.9 Å². The van der Waals surface area contributed by atoms with Gasteiger partial charge in [-0.3, -0.25) is 13.8 Å². The van der Waals surface area contributed by atoms with Crippen LogP contribution in [0.1, 0.15) is 219 Å². The molecule has 9 heteroatoms. The second-order valence-corrected chi connectivity index (χ2v) is 18.9. The second kappa shape index (κ2) is 39.4. The summed E-state index contributed by atoms with van der Waals surface area (Å²) in [6, 6.07) is -0.762. The molecule has 0 aliphatic carbocycles. The minimum atomic E-state index is -4.32. The number of likely N-dealkylation sites (N-methyl/N-ethyl adjacent to an activating group) is 1. The van der Waals surface area contributed by atoms with E-state index in [0.29, 0.717) is 23.9 Å². The predicted octanol–water partition coefficient (Wildman–Crippen LogP) is 13.3. The van der Waals surface area contributed by atoms with Crippen molar-refractivity contribution in [2.75, 3.05) is 40.9 Å². The van der Waals surface area contributed by atoms with Crippen LogP contribution in [-0.2, 0) is 18.4 Å². The van der Waals surface area contributed by atoms with Gasteiger partial charge in [-0.15, -0.1) is 0 Å². The SMILES string of the molecule is CCCCCC/C=C\C/C=C\CCCCCCCCCC(=O)NC(COP(=O)(O)OCC[N+](C)(C)C)C(O)CCCCCCCCCCCCCCCCCC. The smallest absolute Gasteiger partial charge is 0.391 e. The normalized spacial score (nSPS) is 14.5. The summed E-state index contributed by atoms with van der Waals surface area (Å²) in [4.78, 5) is 23.2. The van der Waals surface area contributed by atoms with Gasteiger partial charge in [-0.2, -0.15) is 0 Å². The van der Waals surface area contributed by atoms with Crippen LogP contribution in [0, 0.1) is 0 Å². The number of unbranched alkanes of at least 4 members (excludes halogenated alkanes) is 26. The number of hydrogen-bond acceptors (Lipinski definition) is 5. The van der Waals surface area contributed by atoms with E-state index in [1.807, 2.05) is 21.1 Å². The van der Waals surface area contributed by atoms with Crippen molar-refractivity contribution in [3.63, 3.8) is 0 Å². The summed E-state index contributed by atoms with van der Waals surface area (Å²) in [5.74, 6) is -0.151. The number of amides is 1. The number of hydrogen-bond donors (Lipinski definition) is 3. The number of phosphoric ester groups is 1. The third-order valence-electron chi connectivity index (χ3n) is 10.7. The fraction of sp³-hybridized carbons (Fsp3) is 0.894. The molecule has 0 fully saturated rings. The molecule has 3 unspecified atom stereocenters. The Hall–Kier alpha value is -1.02. The van der Waals surface area contributed by atoms with Crippen molar-refractivity contribution >= 4 is 13.7 Å². The highest BCUT2D eigenvalue weighted by molar-refractivity contribution is 7.47. The molecule has 0 aromatic carbocycles. The minimum Gasteiger partial charge on any atom is -0.391 e. The maximum absolute atomic E-state index is 12.9. The average Bonchev–Trinajstić information content (AvgIpc) is 3.15. The first-order chi connectivity index (χ1) is 27.0. The Morgan fingerprint density at radius 1 is 0.607 bits per heavy atom. The van der Waals surface area contributed by atoms with Crippen molar-refractivity contribution in [3.05, 3.63) is 24.3 Å². The van der Waals surface area contributed by atoms with E-state index >= 15 is 0 Å². The van der Waals surface area contributed by atoms with Crippen molar-refractivity contribution in [3.8, 4) is 0 Å². The Bertz CT molecular complexity index is 969. The first-order valence-electron chi connectivity index (χ1n) is 23.7. The van der Waals surface area contributed by atoms with Crippen LogP contribution in [0.4, 0.5) is 0 Å². The number of quaternary nitrogens is 1. The fourth-order valence-electron chi connectivity index (χ4n) is 6.90. The largest absolute Gasteiger partial charge is 0.472 e. The van der Waals surface area contributed by atoms with Gasteiger partial charge >= 0.3 is 7.82 Å². The molecular weight excluding hydrogens is 719 g/mol. The molecule has 332 valence electrons. The summed E-state index contributed by atoms with van der Waals surface area (Å²) < 4.78 is 23.7. The first kappa shape index (κ1) is 55.0.